The van der Waals surface area contributed by atoms with Gasteiger partial charge in [-0.25, -0.2) is 0 Å². The molecule has 0 saturated heterocycles. The molecule has 6 heteroatoms. The van der Waals surface area contributed by atoms with Crippen molar-refractivity contribution in [1.82, 2.24) is 10.3 Å². The van der Waals surface area contributed by atoms with Crippen LogP contribution < -0.4 is 14.8 Å². The van der Waals surface area contributed by atoms with E-state index in [1.165, 1.54) is 0 Å². The minimum absolute atomic E-state index is 0.0448. The molecule has 1 amide bonds. The predicted molar refractivity (Wildman–Crippen MR) is 113 cm³/mol. The fourth-order valence-corrected chi connectivity index (χ4v) is 3.92. The van der Waals surface area contributed by atoms with E-state index >= 15 is 0 Å². The number of H-pyrrole nitrogens is 1. The summed E-state index contributed by atoms with van der Waals surface area (Å²) in [5.74, 6) is 2.01. The van der Waals surface area contributed by atoms with Gasteiger partial charge >= 0.3 is 0 Å². The molecule has 1 atom stereocenters. The quantitative estimate of drug-likeness (QED) is 0.502. The van der Waals surface area contributed by atoms with Crippen LogP contribution in [0.15, 0.2) is 71.5 Å². The zero-order chi connectivity index (χ0) is 20.3. The molecule has 4 aromatic rings. The van der Waals surface area contributed by atoms with Gasteiger partial charge in [0.25, 0.3) is 0 Å². The molecule has 1 aliphatic rings. The predicted octanol–water partition coefficient (Wildman–Crippen LogP) is 4.37. The Morgan fingerprint density at radius 2 is 1.90 bits per heavy atom. The van der Waals surface area contributed by atoms with E-state index < -0.39 is 0 Å². The van der Waals surface area contributed by atoms with Crippen molar-refractivity contribution in [2.45, 2.75) is 18.9 Å². The Kier molecular flexibility index (Phi) is 4.89. The number of rotatable bonds is 6. The van der Waals surface area contributed by atoms with Crippen molar-refractivity contribution in [3.8, 4) is 11.5 Å². The zero-order valence-corrected chi connectivity index (χ0v) is 16.4. The third-order valence-electron chi connectivity index (χ3n) is 5.39. The lowest BCUT2D eigenvalue weighted by Crippen LogP contribution is -2.25. The van der Waals surface area contributed by atoms with Gasteiger partial charge in [-0.3, -0.25) is 4.79 Å². The SMILES string of the molecule is O=C(C[C@H](c1ccc2c(c1)OCCO2)c1c[nH]c2ccccc12)NCc1ccco1. The molecule has 0 bridgehead atoms. The molecule has 5 rings (SSSR count). The van der Waals surface area contributed by atoms with Gasteiger partial charge in [0.05, 0.1) is 12.8 Å². The number of fused-ring (bicyclic) bond motifs is 2. The highest BCUT2D eigenvalue weighted by atomic mass is 16.6. The van der Waals surface area contributed by atoms with Crippen LogP contribution in [0.25, 0.3) is 10.9 Å². The normalized spacial score (nSPS) is 13.9. The Balaban J connectivity index is 1.47. The lowest BCUT2D eigenvalue weighted by molar-refractivity contribution is -0.121. The maximum Gasteiger partial charge on any atom is 0.221 e. The summed E-state index contributed by atoms with van der Waals surface area (Å²) in [6.07, 6.45) is 3.90. The van der Waals surface area contributed by atoms with Gasteiger partial charge in [-0.05, 0) is 41.5 Å². The van der Waals surface area contributed by atoms with E-state index in [1.54, 1.807) is 6.26 Å². The molecule has 3 heterocycles. The van der Waals surface area contributed by atoms with Crippen molar-refractivity contribution in [3.63, 3.8) is 0 Å². The molecule has 152 valence electrons. The molecule has 0 fully saturated rings. The number of carbonyl (C=O) groups excluding carboxylic acids is 1. The molecule has 0 aliphatic carbocycles. The van der Waals surface area contributed by atoms with Crippen molar-refractivity contribution in [2.75, 3.05) is 13.2 Å². The summed E-state index contributed by atoms with van der Waals surface area (Å²) in [5.41, 5.74) is 3.14. The van der Waals surface area contributed by atoms with E-state index in [2.05, 4.69) is 16.4 Å². The summed E-state index contributed by atoms with van der Waals surface area (Å²) < 4.78 is 16.7. The molecule has 0 unspecified atom stereocenters. The minimum Gasteiger partial charge on any atom is -0.486 e. The van der Waals surface area contributed by atoms with Crippen molar-refractivity contribution < 1.29 is 18.7 Å². The van der Waals surface area contributed by atoms with Crippen LogP contribution in [0.4, 0.5) is 0 Å². The monoisotopic (exact) mass is 402 g/mol. The second-order valence-electron chi connectivity index (χ2n) is 7.31. The number of hydrogen-bond donors (Lipinski definition) is 2. The number of para-hydroxylation sites is 1. The first-order valence-corrected chi connectivity index (χ1v) is 10.0. The molecule has 1 aliphatic heterocycles. The average molecular weight is 402 g/mol. The highest BCUT2D eigenvalue weighted by molar-refractivity contribution is 5.86. The third-order valence-corrected chi connectivity index (χ3v) is 5.39. The van der Waals surface area contributed by atoms with Crippen LogP contribution in [0.2, 0.25) is 0 Å². The molecule has 6 nitrogen and oxygen atoms in total. The lowest BCUT2D eigenvalue weighted by Gasteiger charge is -2.22. The first-order chi connectivity index (χ1) is 14.8. The zero-order valence-electron chi connectivity index (χ0n) is 16.4. The fraction of sp³-hybridized carbons (Fsp3) is 0.208. The Hall–Kier alpha value is -3.67. The average Bonchev–Trinajstić information content (AvgIpc) is 3.46. The third kappa shape index (κ3) is 3.64. The van der Waals surface area contributed by atoms with Crippen molar-refractivity contribution in [3.05, 3.63) is 83.9 Å². The first kappa shape index (κ1) is 18.4. The van der Waals surface area contributed by atoms with Crippen LogP contribution in [0.3, 0.4) is 0 Å². The number of aromatic amines is 1. The largest absolute Gasteiger partial charge is 0.486 e. The number of hydrogen-bond acceptors (Lipinski definition) is 4. The molecule has 0 saturated carbocycles. The van der Waals surface area contributed by atoms with Crippen molar-refractivity contribution in [1.29, 1.82) is 0 Å². The Morgan fingerprint density at radius 1 is 1.03 bits per heavy atom. The summed E-state index contributed by atoms with van der Waals surface area (Å²) in [5, 5.41) is 4.07. The number of ether oxygens (including phenoxy) is 2. The molecule has 2 aromatic heterocycles. The van der Waals surface area contributed by atoms with Crippen LogP contribution in [-0.2, 0) is 11.3 Å². The van der Waals surface area contributed by atoms with E-state index in [0.29, 0.717) is 26.2 Å². The van der Waals surface area contributed by atoms with E-state index in [-0.39, 0.29) is 11.8 Å². The summed E-state index contributed by atoms with van der Waals surface area (Å²) in [6, 6.07) is 17.7. The van der Waals surface area contributed by atoms with Gasteiger partial charge in [-0.2, -0.15) is 0 Å². The van der Waals surface area contributed by atoms with Crippen molar-refractivity contribution in [2.24, 2.45) is 0 Å². The number of aromatic nitrogens is 1. The molecule has 2 N–H and O–H groups in total. The van der Waals surface area contributed by atoms with Crippen LogP contribution in [0, 0.1) is 0 Å². The van der Waals surface area contributed by atoms with E-state index in [1.807, 2.05) is 54.7 Å². The number of furan rings is 1. The van der Waals surface area contributed by atoms with Crippen molar-refractivity contribution >= 4 is 16.8 Å². The molecule has 0 spiro atoms. The second-order valence-corrected chi connectivity index (χ2v) is 7.31. The Morgan fingerprint density at radius 3 is 2.77 bits per heavy atom. The maximum atomic E-state index is 12.8. The van der Waals surface area contributed by atoms with E-state index in [0.717, 1.165) is 39.3 Å². The summed E-state index contributed by atoms with van der Waals surface area (Å²) >= 11 is 0. The first-order valence-electron chi connectivity index (χ1n) is 10.0. The lowest BCUT2D eigenvalue weighted by atomic mass is 9.87. The van der Waals surface area contributed by atoms with Gasteiger partial charge in [0.15, 0.2) is 11.5 Å². The Labute approximate surface area is 173 Å². The van der Waals surface area contributed by atoms with Crippen LogP contribution in [0.1, 0.15) is 29.2 Å². The van der Waals surface area contributed by atoms with Gasteiger partial charge < -0.3 is 24.2 Å². The molecular formula is C24H22N2O4. The van der Waals surface area contributed by atoms with Gasteiger partial charge in [0, 0.05) is 29.4 Å². The highest BCUT2D eigenvalue weighted by Crippen LogP contribution is 2.38. The molecule has 2 aromatic carbocycles. The van der Waals surface area contributed by atoms with Gasteiger partial charge in [-0.15, -0.1) is 0 Å². The smallest absolute Gasteiger partial charge is 0.221 e. The maximum absolute atomic E-state index is 12.8. The topological polar surface area (TPSA) is 76.5 Å². The molecule has 30 heavy (non-hydrogen) atoms. The molecular weight excluding hydrogens is 380 g/mol. The number of amides is 1. The van der Waals surface area contributed by atoms with Crippen LogP contribution in [0.5, 0.6) is 11.5 Å². The van der Waals surface area contributed by atoms with Gasteiger partial charge in [0.2, 0.25) is 5.91 Å². The fourth-order valence-electron chi connectivity index (χ4n) is 3.92. The van der Waals surface area contributed by atoms with E-state index in [9.17, 15) is 4.79 Å². The number of benzene rings is 2. The standard InChI is InChI=1S/C24H22N2O4/c27-24(26-14-17-4-3-9-28-17)13-19(20-15-25-21-6-2-1-5-18(20)21)16-7-8-22-23(12-16)30-11-10-29-22/h1-9,12,15,19,25H,10-11,13-14H2,(H,26,27)/t19-/m1/s1. The summed E-state index contributed by atoms with van der Waals surface area (Å²) in [4.78, 5) is 16.1. The van der Waals surface area contributed by atoms with E-state index in [4.69, 9.17) is 13.9 Å². The summed E-state index contributed by atoms with van der Waals surface area (Å²) in [7, 11) is 0. The number of nitrogens with one attached hydrogen (secondary N) is 2. The minimum atomic E-state index is -0.131. The highest BCUT2D eigenvalue weighted by Gasteiger charge is 2.23. The van der Waals surface area contributed by atoms with Gasteiger partial charge in [0.1, 0.15) is 19.0 Å². The number of carbonyl (C=O) groups is 1. The van der Waals surface area contributed by atoms with Crippen LogP contribution >= 0.6 is 0 Å². The Bertz CT molecular complexity index is 1160. The second kappa shape index (κ2) is 7.99. The summed E-state index contributed by atoms with van der Waals surface area (Å²) in [6.45, 7) is 1.44. The van der Waals surface area contributed by atoms with Crippen LogP contribution in [-0.4, -0.2) is 24.1 Å². The van der Waals surface area contributed by atoms with Gasteiger partial charge in [-0.1, -0.05) is 24.3 Å². The molecule has 0 radical (unpaired) electrons.